The lowest BCUT2D eigenvalue weighted by molar-refractivity contribution is 0.0953. The van der Waals surface area contributed by atoms with Crippen LogP contribution in [0.2, 0.25) is 0 Å². The summed E-state index contributed by atoms with van der Waals surface area (Å²) in [4.78, 5) is 27.8. The first-order valence-electron chi connectivity index (χ1n) is 7.83. The van der Waals surface area contributed by atoms with Crippen molar-refractivity contribution in [3.8, 4) is 0 Å². The molecular formula is C19H16N4O3. The Morgan fingerprint density at radius 1 is 1.00 bits per heavy atom. The fourth-order valence-electron chi connectivity index (χ4n) is 2.16. The first-order valence-corrected chi connectivity index (χ1v) is 7.83. The van der Waals surface area contributed by atoms with Crippen molar-refractivity contribution in [2.45, 2.75) is 6.92 Å². The van der Waals surface area contributed by atoms with Crippen LogP contribution < -0.4 is 10.7 Å². The van der Waals surface area contributed by atoms with Gasteiger partial charge in [0.15, 0.2) is 5.76 Å². The molecule has 0 saturated heterocycles. The molecule has 1 aromatic carbocycles. The molecule has 3 rings (SSSR count). The molecule has 0 radical (unpaired) electrons. The Morgan fingerprint density at radius 2 is 1.81 bits per heavy atom. The van der Waals surface area contributed by atoms with E-state index in [-0.39, 0.29) is 17.6 Å². The molecule has 0 aliphatic rings. The molecule has 26 heavy (non-hydrogen) atoms. The van der Waals surface area contributed by atoms with E-state index < -0.39 is 0 Å². The van der Waals surface area contributed by atoms with E-state index in [2.05, 4.69) is 20.8 Å². The molecule has 0 unspecified atom stereocenters. The number of amides is 2. The van der Waals surface area contributed by atoms with Gasteiger partial charge in [-0.15, -0.1) is 0 Å². The summed E-state index contributed by atoms with van der Waals surface area (Å²) in [7, 11) is 0. The minimum Gasteiger partial charge on any atom is -0.459 e. The highest BCUT2D eigenvalue weighted by atomic mass is 16.3. The highest BCUT2D eigenvalue weighted by molar-refractivity contribution is 6.03. The number of hydrogen-bond donors (Lipinski definition) is 2. The van der Waals surface area contributed by atoms with Crippen LogP contribution in [0.5, 0.6) is 0 Å². The Bertz CT molecular complexity index is 917. The van der Waals surface area contributed by atoms with Gasteiger partial charge in [-0.3, -0.25) is 14.6 Å². The van der Waals surface area contributed by atoms with Crippen molar-refractivity contribution in [3.05, 3.63) is 84.1 Å². The van der Waals surface area contributed by atoms with Crippen molar-refractivity contribution in [1.29, 1.82) is 0 Å². The molecule has 7 nitrogen and oxygen atoms in total. The first kappa shape index (κ1) is 17.1. The quantitative estimate of drug-likeness (QED) is 0.547. The predicted molar refractivity (Wildman–Crippen MR) is 97.0 cm³/mol. The molecule has 2 N–H and O–H groups in total. The van der Waals surface area contributed by atoms with E-state index in [4.69, 9.17) is 4.42 Å². The molecular weight excluding hydrogens is 332 g/mol. The third kappa shape index (κ3) is 4.21. The third-order valence-corrected chi connectivity index (χ3v) is 3.55. The van der Waals surface area contributed by atoms with Gasteiger partial charge >= 0.3 is 0 Å². The van der Waals surface area contributed by atoms with E-state index in [9.17, 15) is 9.59 Å². The summed E-state index contributed by atoms with van der Waals surface area (Å²) in [5.41, 5.74) is 4.99. The van der Waals surface area contributed by atoms with Crippen LogP contribution in [0.15, 0.2) is 76.7 Å². The van der Waals surface area contributed by atoms with Crippen LogP contribution in [0.3, 0.4) is 0 Å². The second-order valence-electron chi connectivity index (χ2n) is 5.39. The summed E-state index contributed by atoms with van der Waals surface area (Å²) < 4.78 is 5.04. The molecule has 0 aliphatic carbocycles. The van der Waals surface area contributed by atoms with Gasteiger partial charge in [0.2, 0.25) is 0 Å². The SMILES string of the molecule is C/C(=N\NC(=O)c1cccnc1)c1ccc(NC(=O)c2ccco2)cc1. The van der Waals surface area contributed by atoms with Crippen LogP contribution in [0.4, 0.5) is 5.69 Å². The van der Waals surface area contributed by atoms with E-state index in [1.807, 2.05) is 0 Å². The Labute approximate surface area is 149 Å². The maximum atomic E-state index is 12.0. The fourth-order valence-corrected chi connectivity index (χ4v) is 2.16. The second kappa shape index (κ2) is 7.89. The molecule has 7 heteroatoms. The van der Waals surface area contributed by atoms with Crippen molar-refractivity contribution in [2.75, 3.05) is 5.32 Å². The molecule has 3 aromatic rings. The van der Waals surface area contributed by atoms with Crippen molar-refractivity contribution in [1.82, 2.24) is 10.4 Å². The molecule has 0 bridgehead atoms. The molecule has 2 heterocycles. The summed E-state index contributed by atoms with van der Waals surface area (Å²) in [6.45, 7) is 1.78. The Kier molecular flexibility index (Phi) is 5.19. The molecule has 130 valence electrons. The molecule has 0 fully saturated rings. The standard InChI is InChI=1S/C19H16N4O3/c1-13(22-23-18(24)15-4-2-10-20-12-15)14-6-8-16(9-7-14)21-19(25)17-5-3-11-26-17/h2-12H,1H3,(H,21,25)(H,23,24)/b22-13+. The van der Waals surface area contributed by atoms with Gasteiger partial charge in [-0.25, -0.2) is 5.43 Å². The van der Waals surface area contributed by atoms with Crippen molar-refractivity contribution < 1.29 is 14.0 Å². The Hall–Kier alpha value is -3.74. The summed E-state index contributed by atoms with van der Waals surface area (Å²) >= 11 is 0. The van der Waals surface area contributed by atoms with Crippen LogP contribution in [0.25, 0.3) is 0 Å². The number of nitrogens with one attached hydrogen (secondary N) is 2. The topological polar surface area (TPSA) is 96.6 Å². The molecule has 0 saturated carbocycles. The van der Waals surface area contributed by atoms with Crippen molar-refractivity contribution >= 4 is 23.2 Å². The van der Waals surface area contributed by atoms with Crippen LogP contribution >= 0.6 is 0 Å². The number of carbonyl (C=O) groups excluding carboxylic acids is 2. The minimum absolute atomic E-state index is 0.241. The number of nitrogens with zero attached hydrogens (tertiary/aromatic N) is 2. The number of anilines is 1. The largest absolute Gasteiger partial charge is 0.459 e. The van der Waals surface area contributed by atoms with E-state index in [0.29, 0.717) is 17.0 Å². The zero-order valence-corrected chi connectivity index (χ0v) is 14.0. The molecule has 2 amide bonds. The van der Waals surface area contributed by atoms with Gasteiger partial charge in [-0.1, -0.05) is 12.1 Å². The summed E-state index contributed by atoms with van der Waals surface area (Å²) in [6.07, 6.45) is 4.51. The molecule has 0 atom stereocenters. The average molecular weight is 348 g/mol. The maximum Gasteiger partial charge on any atom is 0.291 e. The van der Waals surface area contributed by atoms with Gasteiger partial charge in [0, 0.05) is 18.1 Å². The fraction of sp³-hybridized carbons (Fsp3) is 0.0526. The number of hydrazone groups is 1. The van der Waals surface area contributed by atoms with E-state index in [1.54, 1.807) is 61.7 Å². The van der Waals surface area contributed by atoms with Crippen LogP contribution in [-0.4, -0.2) is 22.5 Å². The van der Waals surface area contributed by atoms with Gasteiger partial charge < -0.3 is 9.73 Å². The number of hydrogen-bond acceptors (Lipinski definition) is 5. The monoisotopic (exact) mass is 348 g/mol. The number of aromatic nitrogens is 1. The van der Waals surface area contributed by atoms with Gasteiger partial charge in [0.1, 0.15) is 0 Å². The lowest BCUT2D eigenvalue weighted by Crippen LogP contribution is -2.19. The predicted octanol–water partition coefficient (Wildman–Crippen LogP) is 3.08. The minimum atomic E-state index is -0.334. The van der Waals surface area contributed by atoms with Crippen molar-refractivity contribution in [3.63, 3.8) is 0 Å². The van der Waals surface area contributed by atoms with E-state index in [1.165, 1.54) is 12.5 Å². The highest BCUT2D eigenvalue weighted by Crippen LogP contribution is 2.12. The lowest BCUT2D eigenvalue weighted by Gasteiger charge is -2.06. The van der Waals surface area contributed by atoms with Gasteiger partial charge in [0.05, 0.1) is 17.5 Å². The molecule has 2 aromatic heterocycles. The maximum absolute atomic E-state index is 12.0. The van der Waals surface area contributed by atoms with Crippen LogP contribution in [0, 0.1) is 0 Å². The van der Waals surface area contributed by atoms with E-state index >= 15 is 0 Å². The van der Waals surface area contributed by atoms with Gasteiger partial charge in [-0.05, 0) is 48.9 Å². The Morgan fingerprint density at radius 3 is 2.46 bits per heavy atom. The number of furan rings is 1. The number of rotatable bonds is 5. The van der Waals surface area contributed by atoms with Crippen LogP contribution in [0.1, 0.15) is 33.4 Å². The number of benzene rings is 1. The Balaban J connectivity index is 1.62. The molecule has 0 spiro atoms. The first-order chi connectivity index (χ1) is 12.6. The number of carbonyl (C=O) groups is 2. The summed E-state index contributed by atoms with van der Waals surface area (Å²) in [5, 5.41) is 6.82. The van der Waals surface area contributed by atoms with Gasteiger partial charge in [0.25, 0.3) is 11.8 Å². The third-order valence-electron chi connectivity index (χ3n) is 3.55. The lowest BCUT2D eigenvalue weighted by atomic mass is 10.1. The van der Waals surface area contributed by atoms with Crippen molar-refractivity contribution in [2.24, 2.45) is 5.10 Å². The highest BCUT2D eigenvalue weighted by Gasteiger charge is 2.09. The average Bonchev–Trinajstić information content (AvgIpc) is 3.22. The zero-order valence-electron chi connectivity index (χ0n) is 14.0. The van der Waals surface area contributed by atoms with E-state index in [0.717, 1.165) is 5.56 Å². The normalized spacial score (nSPS) is 11.0. The smallest absolute Gasteiger partial charge is 0.291 e. The molecule has 0 aliphatic heterocycles. The number of pyridine rings is 1. The van der Waals surface area contributed by atoms with Crippen LogP contribution in [-0.2, 0) is 0 Å². The second-order valence-corrected chi connectivity index (χ2v) is 5.39. The van der Waals surface area contributed by atoms with Gasteiger partial charge in [-0.2, -0.15) is 5.10 Å². The summed E-state index contributed by atoms with van der Waals surface area (Å²) in [5.74, 6) is -0.415. The zero-order chi connectivity index (χ0) is 18.4. The summed E-state index contributed by atoms with van der Waals surface area (Å²) in [6, 6.07) is 13.7.